The number of nitrogens with one attached hydrogen (secondary N) is 5. The Balaban J connectivity index is 1.09. The second-order valence-electron chi connectivity index (χ2n) is 9.83. The number of hydrogen-bond acceptors (Lipinski definition) is 10. The molecule has 0 bridgehead atoms. The third-order valence-electron chi connectivity index (χ3n) is 6.76. The lowest BCUT2D eigenvalue weighted by molar-refractivity contribution is 0.371. The molecule has 35 heavy (non-hydrogen) atoms. The number of aryl methyl sites for hydroxylation is 2. The first-order valence-corrected chi connectivity index (χ1v) is 14.4. The second kappa shape index (κ2) is 14.6. The van der Waals surface area contributed by atoms with Gasteiger partial charge in [0.05, 0.1) is 6.54 Å². The van der Waals surface area contributed by atoms with Crippen molar-refractivity contribution in [2.75, 3.05) is 43.4 Å². The summed E-state index contributed by atoms with van der Waals surface area (Å²) in [6.45, 7) is 7.95. The molecular weight excluding hydrogens is 458 g/mol. The molecule has 0 radical (unpaired) electrons. The van der Waals surface area contributed by atoms with Crippen LogP contribution in [0.2, 0.25) is 0 Å². The summed E-state index contributed by atoms with van der Waals surface area (Å²) in [6.07, 6.45) is 12.4. The summed E-state index contributed by atoms with van der Waals surface area (Å²) >= 11 is 1.68. The first-order chi connectivity index (χ1) is 17.2. The maximum atomic E-state index is 4.66. The zero-order valence-corrected chi connectivity index (χ0v) is 22.1. The molecule has 1 saturated heterocycles. The molecular formula is C25H43N9S. The van der Waals surface area contributed by atoms with E-state index in [-0.39, 0.29) is 0 Å². The van der Waals surface area contributed by atoms with Gasteiger partial charge in [0.1, 0.15) is 15.8 Å². The van der Waals surface area contributed by atoms with E-state index in [4.69, 9.17) is 0 Å². The topological polar surface area (TPSA) is 112 Å². The molecule has 0 amide bonds. The highest BCUT2D eigenvalue weighted by atomic mass is 32.1. The average molecular weight is 502 g/mol. The molecule has 0 aromatic carbocycles. The van der Waals surface area contributed by atoms with E-state index in [1.165, 1.54) is 38.5 Å². The van der Waals surface area contributed by atoms with Crippen LogP contribution in [0.4, 0.5) is 11.8 Å². The molecule has 2 aromatic rings. The van der Waals surface area contributed by atoms with Gasteiger partial charge in [0.25, 0.3) is 0 Å². The lowest BCUT2D eigenvalue weighted by Crippen LogP contribution is -2.35. The molecule has 1 aliphatic heterocycles. The van der Waals surface area contributed by atoms with Crippen molar-refractivity contribution in [1.82, 2.24) is 36.1 Å². The van der Waals surface area contributed by atoms with Gasteiger partial charge in [-0.1, -0.05) is 30.6 Å². The third kappa shape index (κ3) is 9.59. The van der Waals surface area contributed by atoms with Crippen LogP contribution < -0.4 is 26.6 Å². The molecule has 0 unspecified atom stereocenters. The van der Waals surface area contributed by atoms with E-state index in [1.54, 1.807) is 11.3 Å². The van der Waals surface area contributed by atoms with E-state index in [2.05, 4.69) is 46.7 Å². The summed E-state index contributed by atoms with van der Waals surface area (Å²) in [5.74, 6) is 1.53. The van der Waals surface area contributed by atoms with Gasteiger partial charge in [0.15, 0.2) is 0 Å². The van der Waals surface area contributed by atoms with Gasteiger partial charge in [-0.3, -0.25) is 0 Å². The van der Waals surface area contributed by atoms with E-state index >= 15 is 0 Å². The molecule has 0 spiro atoms. The van der Waals surface area contributed by atoms with Crippen LogP contribution in [0.5, 0.6) is 0 Å². The van der Waals surface area contributed by atoms with Crippen LogP contribution >= 0.6 is 11.3 Å². The van der Waals surface area contributed by atoms with Gasteiger partial charge in [-0.15, -0.1) is 10.2 Å². The summed E-state index contributed by atoms with van der Waals surface area (Å²) in [6, 6.07) is 3.25. The minimum atomic E-state index is 0.469. The molecule has 4 rings (SSSR count). The zero-order chi connectivity index (χ0) is 24.1. The van der Waals surface area contributed by atoms with Crippen molar-refractivity contribution in [2.24, 2.45) is 0 Å². The van der Waals surface area contributed by atoms with E-state index in [9.17, 15) is 0 Å². The number of aromatic nitrogens is 4. The smallest absolute Gasteiger partial charge is 0.225 e. The number of rotatable bonds is 14. The van der Waals surface area contributed by atoms with E-state index in [0.29, 0.717) is 18.5 Å². The summed E-state index contributed by atoms with van der Waals surface area (Å²) in [5, 5.41) is 28.4. The molecule has 3 heterocycles. The Hall–Kier alpha value is -1.88. The second-order valence-corrected chi connectivity index (χ2v) is 11.0. The predicted molar refractivity (Wildman–Crippen MR) is 144 cm³/mol. The molecule has 1 saturated carbocycles. The van der Waals surface area contributed by atoms with Crippen molar-refractivity contribution in [3.63, 3.8) is 0 Å². The van der Waals surface area contributed by atoms with Crippen molar-refractivity contribution in [3.8, 4) is 0 Å². The maximum Gasteiger partial charge on any atom is 0.225 e. The Labute approximate surface area is 214 Å². The summed E-state index contributed by atoms with van der Waals surface area (Å²) in [5.41, 5.74) is 0.953. The molecule has 1 aliphatic carbocycles. The Morgan fingerprint density at radius 2 is 1.71 bits per heavy atom. The largest absolute Gasteiger partial charge is 0.367 e. The SMILES string of the molecule is Cc1cc(NC2CCNCC2)nc(NCc2nnc(CCCNCCCNC3CCCCC3)s2)n1. The van der Waals surface area contributed by atoms with Crippen LogP contribution in [-0.2, 0) is 13.0 Å². The molecule has 2 aromatic heterocycles. The highest BCUT2D eigenvalue weighted by Crippen LogP contribution is 2.18. The Bertz CT molecular complexity index is 862. The quantitative estimate of drug-likeness (QED) is 0.249. The fraction of sp³-hybridized carbons (Fsp3) is 0.760. The van der Waals surface area contributed by atoms with Gasteiger partial charge in [-0.05, 0) is 78.2 Å². The van der Waals surface area contributed by atoms with Crippen molar-refractivity contribution in [1.29, 1.82) is 0 Å². The van der Waals surface area contributed by atoms with E-state index in [1.807, 2.05) is 13.0 Å². The van der Waals surface area contributed by atoms with Gasteiger partial charge in [-0.25, -0.2) is 4.98 Å². The monoisotopic (exact) mass is 501 g/mol. The fourth-order valence-electron chi connectivity index (χ4n) is 4.83. The zero-order valence-electron chi connectivity index (χ0n) is 21.2. The normalized spacial score (nSPS) is 17.5. The van der Waals surface area contributed by atoms with E-state index in [0.717, 1.165) is 86.0 Å². The van der Waals surface area contributed by atoms with Crippen LogP contribution in [0.15, 0.2) is 6.07 Å². The van der Waals surface area contributed by atoms with Gasteiger partial charge in [0.2, 0.25) is 5.95 Å². The molecule has 5 N–H and O–H groups in total. The number of piperidine rings is 1. The van der Waals surface area contributed by atoms with Crippen LogP contribution in [0, 0.1) is 6.92 Å². The van der Waals surface area contributed by atoms with Crippen molar-refractivity contribution >= 4 is 23.1 Å². The van der Waals surface area contributed by atoms with Crippen molar-refractivity contribution < 1.29 is 0 Å². The standard InChI is InChI=1S/C25H43N9S/c1-19-17-22(31-21-10-15-27-16-11-21)32-25(30-19)29-18-24-34-33-23(35-24)9-5-12-26-13-6-14-28-20-7-3-2-4-8-20/h17,20-21,26-28H,2-16,18H2,1H3,(H2,29,30,31,32). The van der Waals surface area contributed by atoms with E-state index < -0.39 is 0 Å². The summed E-state index contributed by atoms with van der Waals surface area (Å²) in [7, 11) is 0. The molecule has 10 heteroatoms. The average Bonchev–Trinajstić information content (AvgIpc) is 3.33. The van der Waals surface area contributed by atoms with Gasteiger partial charge in [0, 0.05) is 30.3 Å². The number of anilines is 2. The van der Waals surface area contributed by atoms with Crippen LogP contribution in [0.25, 0.3) is 0 Å². The Morgan fingerprint density at radius 3 is 2.57 bits per heavy atom. The highest BCUT2D eigenvalue weighted by Gasteiger charge is 2.14. The molecule has 2 fully saturated rings. The van der Waals surface area contributed by atoms with Crippen LogP contribution in [-0.4, -0.2) is 65.0 Å². The summed E-state index contributed by atoms with van der Waals surface area (Å²) in [4.78, 5) is 9.19. The van der Waals surface area contributed by atoms with Crippen molar-refractivity contribution in [2.45, 2.75) is 89.8 Å². The number of nitrogens with zero attached hydrogens (tertiary/aromatic N) is 4. The van der Waals surface area contributed by atoms with Gasteiger partial charge >= 0.3 is 0 Å². The highest BCUT2D eigenvalue weighted by molar-refractivity contribution is 7.11. The summed E-state index contributed by atoms with van der Waals surface area (Å²) < 4.78 is 0. The Morgan fingerprint density at radius 1 is 0.914 bits per heavy atom. The molecule has 2 aliphatic rings. The number of hydrogen-bond donors (Lipinski definition) is 5. The first kappa shape index (κ1) is 26.2. The maximum absolute atomic E-state index is 4.66. The Kier molecular flexibility index (Phi) is 10.9. The molecule has 0 atom stereocenters. The lowest BCUT2D eigenvalue weighted by Gasteiger charge is -2.24. The minimum absolute atomic E-state index is 0.469. The molecule has 194 valence electrons. The van der Waals surface area contributed by atoms with Crippen molar-refractivity contribution in [3.05, 3.63) is 21.8 Å². The van der Waals surface area contributed by atoms with Crippen LogP contribution in [0.1, 0.15) is 73.5 Å². The van der Waals surface area contributed by atoms with Gasteiger partial charge < -0.3 is 26.6 Å². The minimum Gasteiger partial charge on any atom is -0.367 e. The third-order valence-corrected chi connectivity index (χ3v) is 7.75. The van der Waals surface area contributed by atoms with Crippen LogP contribution in [0.3, 0.4) is 0 Å². The molecule has 9 nitrogen and oxygen atoms in total. The van der Waals surface area contributed by atoms with Gasteiger partial charge in [-0.2, -0.15) is 4.98 Å². The predicted octanol–water partition coefficient (Wildman–Crippen LogP) is 3.25. The lowest BCUT2D eigenvalue weighted by atomic mass is 9.95. The fourth-order valence-corrected chi connectivity index (χ4v) is 5.65. The first-order valence-electron chi connectivity index (χ1n) is 13.6.